The predicted octanol–water partition coefficient (Wildman–Crippen LogP) is -0.250. The van der Waals surface area contributed by atoms with Crippen molar-refractivity contribution in [3.8, 4) is 0 Å². The second kappa shape index (κ2) is 7.36. The van der Waals surface area contributed by atoms with Crippen molar-refractivity contribution < 1.29 is 23.1 Å². The van der Waals surface area contributed by atoms with Gasteiger partial charge in [0, 0.05) is 18.3 Å². The zero-order chi connectivity index (χ0) is 15.2. The van der Waals surface area contributed by atoms with Crippen molar-refractivity contribution in [2.45, 2.75) is 32.4 Å². The van der Waals surface area contributed by atoms with Gasteiger partial charge in [0.2, 0.25) is 10.0 Å². The topological polar surface area (TPSA) is 121 Å². The van der Waals surface area contributed by atoms with E-state index in [4.69, 9.17) is 9.84 Å². The number of hydrogen-bond acceptors (Lipinski definition) is 5. The van der Waals surface area contributed by atoms with Crippen LogP contribution < -0.4 is 4.72 Å². The zero-order valence-corrected chi connectivity index (χ0v) is 12.2. The summed E-state index contributed by atoms with van der Waals surface area (Å²) in [5.41, 5.74) is 0.540. The summed E-state index contributed by atoms with van der Waals surface area (Å²) in [6.07, 6.45) is 2.77. The summed E-state index contributed by atoms with van der Waals surface area (Å²) in [7, 11) is -3.71. The second-order valence-electron chi connectivity index (χ2n) is 4.53. The lowest BCUT2D eigenvalue weighted by Gasteiger charge is -2.14. The number of ether oxygens (including phenoxy) is 1. The number of rotatable bonds is 9. The molecule has 8 nitrogen and oxygen atoms in total. The molecule has 0 saturated heterocycles. The summed E-state index contributed by atoms with van der Waals surface area (Å²) in [6.45, 7) is 3.60. The van der Waals surface area contributed by atoms with Crippen molar-refractivity contribution in [1.82, 2.24) is 14.7 Å². The fourth-order valence-corrected chi connectivity index (χ4v) is 2.52. The molecule has 1 rings (SSSR count). The number of nitrogens with zero attached hydrogens (tertiary/aromatic N) is 1. The van der Waals surface area contributed by atoms with Crippen LogP contribution in [0, 0.1) is 0 Å². The summed E-state index contributed by atoms with van der Waals surface area (Å²) in [5.74, 6) is -1.52. The normalized spacial score (nSPS) is 13.6. The summed E-state index contributed by atoms with van der Waals surface area (Å²) in [5, 5.41) is 9.06. The first-order chi connectivity index (χ1) is 9.30. The van der Waals surface area contributed by atoms with Crippen molar-refractivity contribution >= 4 is 16.0 Å². The van der Waals surface area contributed by atoms with Crippen molar-refractivity contribution in [3.63, 3.8) is 0 Å². The molecule has 9 heteroatoms. The highest BCUT2D eigenvalue weighted by molar-refractivity contribution is 7.89. The number of carboxylic acids is 1. The molecule has 0 aliphatic heterocycles. The minimum absolute atomic E-state index is 0.000396. The molecule has 114 valence electrons. The highest BCUT2D eigenvalue weighted by atomic mass is 32.2. The third-order valence-corrected chi connectivity index (χ3v) is 3.75. The first kappa shape index (κ1) is 16.6. The van der Waals surface area contributed by atoms with E-state index in [0.717, 1.165) is 0 Å². The Balaban J connectivity index is 2.58. The fraction of sp³-hybridized carbons (Fsp3) is 0.636. The Morgan fingerprint density at radius 1 is 1.55 bits per heavy atom. The monoisotopic (exact) mass is 305 g/mol. The van der Waals surface area contributed by atoms with Gasteiger partial charge in [0.05, 0.1) is 24.8 Å². The van der Waals surface area contributed by atoms with Gasteiger partial charge < -0.3 is 14.8 Å². The Labute approximate surface area is 117 Å². The molecule has 0 amide bonds. The molecule has 0 saturated carbocycles. The average Bonchev–Trinajstić information content (AvgIpc) is 2.79. The zero-order valence-electron chi connectivity index (χ0n) is 11.4. The minimum atomic E-state index is -3.71. The van der Waals surface area contributed by atoms with Gasteiger partial charge >= 0.3 is 5.97 Å². The van der Waals surface area contributed by atoms with Crippen LogP contribution in [-0.4, -0.2) is 54.0 Å². The Kier molecular flexibility index (Phi) is 6.11. The van der Waals surface area contributed by atoms with E-state index in [1.54, 1.807) is 13.8 Å². The maximum atomic E-state index is 11.8. The van der Waals surface area contributed by atoms with Crippen molar-refractivity contribution in [2.24, 2.45) is 0 Å². The number of sulfonamides is 1. The number of H-pyrrole nitrogens is 1. The molecule has 0 bridgehead atoms. The van der Waals surface area contributed by atoms with Gasteiger partial charge in [0.15, 0.2) is 0 Å². The van der Waals surface area contributed by atoms with Gasteiger partial charge in [0.1, 0.15) is 6.04 Å². The molecule has 1 heterocycles. The first-order valence-corrected chi connectivity index (χ1v) is 7.77. The molecule has 1 aromatic rings. The molecule has 1 atom stereocenters. The van der Waals surface area contributed by atoms with Gasteiger partial charge in [-0.3, -0.25) is 4.79 Å². The number of carbonyl (C=O) groups is 1. The van der Waals surface area contributed by atoms with Gasteiger partial charge in [0.25, 0.3) is 0 Å². The van der Waals surface area contributed by atoms with Gasteiger partial charge in [-0.05, 0) is 13.8 Å². The van der Waals surface area contributed by atoms with E-state index >= 15 is 0 Å². The SMILES string of the molecule is CC(C)OCCS(=O)(=O)N[C@H](Cc1cnc[nH]1)C(=O)O. The number of nitrogens with one attached hydrogen (secondary N) is 2. The third kappa shape index (κ3) is 6.13. The summed E-state index contributed by atoms with van der Waals surface area (Å²) < 4.78 is 30.8. The van der Waals surface area contributed by atoms with Crippen LogP contribution in [0.1, 0.15) is 19.5 Å². The highest BCUT2D eigenvalue weighted by Crippen LogP contribution is 2.01. The molecule has 0 aromatic carbocycles. The Bertz CT molecular complexity index is 512. The van der Waals surface area contributed by atoms with Gasteiger partial charge in [-0.15, -0.1) is 0 Å². The van der Waals surface area contributed by atoms with Crippen LogP contribution in [0.4, 0.5) is 0 Å². The molecule has 1 aromatic heterocycles. The summed E-state index contributed by atoms with van der Waals surface area (Å²) in [4.78, 5) is 17.6. The van der Waals surface area contributed by atoms with Gasteiger partial charge in [-0.2, -0.15) is 0 Å². The van der Waals surface area contributed by atoms with Gasteiger partial charge in [-0.1, -0.05) is 0 Å². The third-order valence-electron chi connectivity index (χ3n) is 2.40. The molecule has 0 aliphatic rings. The molecule has 0 unspecified atom stereocenters. The largest absolute Gasteiger partial charge is 0.480 e. The van der Waals surface area contributed by atoms with Crippen LogP contribution in [0.5, 0.6) is 0 Å². The van der Waals surface area contributed by atoms with E-state index in [1.165, 1.54) is 12.5 Å². The molecule has 0 spiro atoms. The van der Waals surface area contributed by atoms with Crippen LogP contribution in [-0.2, 0) is 26.0 Å². The fourth-order valence-electron chi connectivity index (χ4n) is 1.46. The van der Waals surface area contributed by atoms with E-state index in [0.29, 0.717) is 5.69 Å². The molecular weight excluding hydrogens is 286 g/mol. The van der Waals surface area contributed by atoms with E-state index in [1.807, 2.05) is 0 Å². The number of aromatic nitrogens is 2. The quantitative estimate of drug-likeness (QED) is 0.578. The molecule has 0 radical (unpaired) electrons. The Morgan fingerprint density at radius 3 is 2.75 bits per heavy atom. The maximum Gasteiger partial charge on any atom is 0.322 e. The number of carboxylic acid groups (broad SMARTS) is 1. The summed E-state index contributed by atoms with van der Waals surface area (Å²) >= 11 is 0. The standard InChI is InChI=1S/C11H19N3O5S/c1-8(2)19-3-4-20(17,18)14-10(11(15)16)5-9-6-12-7-13-9/h6-8,10,14H,3-5H2,1-2H3,(H,12,13)(H,15,16)/t10-/m1/s1. The van der Waals surface area contributed by atoms with E-state index in [2.05, 4.69) is 14.7 Å². The first-order valence-electron chi connectivity index (χ1n) is 6.12. The summed E-state index contributed by atoms with van der Waals surface area (Å²) in [6, 6.07) is -1.24. The lowest BCUT2D eigenvalue weighted by molar-refractivity contribution is -0.138. The van der Waals surface area contributed by atoms with Crippen molar-refractivity contribution in [1.29, 1.82) is 0 Å². The number of aromatic amines is 1. The molecule has 0 fully saturated rings. The van der Waals surface area contributed by atoms with Gasteiger partial charge in [-0.25, -0.2) is 18.1 Å². The highest BCUT2D eigenvalue weighted by Gasteiger charge is 2.24. The second-order valence-corrected chi connectivity index (χ2v) is 6.40. The lowest BCUT2D eigenvalue weighted by Crippen LogP contribution is -2.44. The van der Waals surface area contributed by atoms with Crippen LogP contribution in [0.3, 0.4) is 0 Å². The molecule has 20 heavy (non-hydrogen) atoms. The molecule has 0 aliphatic carbocycles. The average molecular weight is 305 g/mol. The van der Waals surface area contributed by atoms with E-state index < -0.39 is 22.0 Å². The van der Waals surface area contributed by atoms with Crippen LogP contribution in [0.15, 0.2) is 12.5 Å². The van der Waals surface area contributed by atoms with E-state index in [-0.39, 0.29) is 24.9 Å². The minimum Gasteiger partial charge on any atom is -0.480 e. The lowest BCUT2D eigenvalue weighted by atomic mass is 10.2. The smallest absolute Gasteiger partial charge is 0.322 e. The number of imidazole rings is 1. The maximum absolute atomic E-state index is 11.8. The molecular formula is C11H19N3O5S. The van der Waals surface area contributed by atoms with Crippen LogP contribution in [0.2, 0.25) is 0 Å². The predicted molar refractivity (Wildman–Crippen MR) is 71.7 cm³/mol. The van der Waals surface area contributed by atoms with Crippen molar-refractivity contribution in [2.75, 3.05) is 12.4 Å². The van der Waals surface area contributed by atoms with Crippen molar-refractivity contribution in [3.05, 3.63) is 18.2 Å². The van der Waals surface area contributed by atoms with Crippen LogP contribution in [0.25, 0.3) is 0 Å². The molecule has 3 N–H and O–H groups in total. The Hall–Kier alpha value is -1.45. The van der Waals surface area contributed by atoms with Crippen LogP contribution >= 0.6 is 0 Å². The Morgan fingerprint density at radius 2 is 2.25 bits per heavy atom. The van der Waals surface area contributed by atoms with E-state index in [9.17, 15) is 13.2 Å². The number of hydrogen-bond donors (Lipinski definition) is 3. The number of aliphatic carboxylic acids is 1.